The molecule has 156 valence electrons. The summed E-state index contributed by atoms with van der Waals surface area (Å²) in [5.74, 6) is -1.24. The van der Waals surface area contributed by atoms with Crippen molar-refractivity contribution >= 4 is 17.2 Å². The highest BCUT2D eigenvalue weighted by Gasteiger charge is 2.48. The number of piperidine rings is 1. The van der Waals surface area contributed by atoms with E-state index in [1.807, 2.05) is 18.4 Å². The highest BCUT2D eigenvalue weighted by atomic mass is 32.1. The van der Waals surface area contributed by atoms with Gasteiger partial charge in [0.1, 0.15) is 11.6 Å². The Bertz CT molecular complexity index is 887. The van der Waals surface area contributed by atoms with Crippen LogP contribution in [-0.2, 0) is 17.8 Å². The molecule has 0 spiro atoms. The lowest BCUT2D eigenvalue weighted by atomic mass is 9.81. The van der Waals surface area contributed by atoms with Gasteiger partial charge in [0.2, 0.25) is 5.91 Å². The van der Waals surface area contributed by atoms with Gasteiger partial charge in [0.25, 0.3) is 0 Å². The molecule has 0 unspecified atom stereocenters. The van der Waals surface area contributed by atoms with Gasteiger partial charge >= 0.3 is 0 Å². The molecule has 2 saturated heterocycles. The number of benzene rings is 1. The smallest absolute Gasteiger partial charge is 0.234 e. The third-order valence-electron chi connectivity index (χ3n) is 6.28. The molecule has 2 aliphatic heterocycles. The van der Waals surface area contributed by atoms with Crippen molar-refractivity contribution in [3.05, 3.63) is 57.3 Å². The fraction of sp³-hybridized carbons (Fsp3) is 0.500. The van der Waals surface area contributed by atoms with Crippen molar-refractivity contribution < 1.29 is 18.7 Å². The summed E-state index contributed by atoms with van der Waals surface area (Å²) in [6.45, 7) is 2.90. The number of halogens is 2. The fourth-order valence-electron chi connectivity index (χ4n) is 4.82. The van der Waals surface area contributed by atoms with Crippen LogP contribution in [0.1, 0.15) is 41.7 Å². The Labute approximate surface area is 173 Å². The van der Waals surface area contributed by atoms with Gasteiger partial charge in [0.05, 0.1) is 18.7 Å². The number of fused-ring (bicyclic) bond motifs is 2. The number of aryl methyl sites for hydroxylation is 1. The first-order valence-electron chi connectivity index (χ1n) is 10.0. The lowest BCUT2D eigenvalue weighted by Crippen LogP contribution is -2.54. The second-order valence-electron chi connectivity index (χ2n) is 8.41. The van der Waals surface area contributed by atoms with E-state index in [9.17, 15) is 18.7 Å². The maximum absolute atomic E-state index is 14.1. The largest absolute Gasteiger partial charge is 0.389 e. The van der Waals surface area contributed by atoms with Crippen LogP contribution in [0, 0.1) is 18.6 Å². The summed E-state index contributed by atoms with van der Waals surface area (Å²) in [6.07, 6.45) is 3.02. The van der Waals surface area contributed by atoms with Crippen molar-refractivity contribution in [3.8, 4) is 0 Å². The van der Waals surface area contributed by atoms with E-state index in [1.54, 1.807) is 11.3 Å². The lowest BCUT2D eigenvalue weighted by molar-refractivity contribution is -0.125. The minimum absolute atomic E-state index is 0.00952. The summed E-state index contributed by atoms with van der Waals surface area (Å²) in [5.41, 5.74) is 0.503. The van der Waals surface area contributed by atoms with Crippen molar-refractivity contribution in [2.45, 2.75) is 63.3 Å². The van der Waals surface area contributed by atoms with Gasteiger partial charge < -0.3 is 10.4 Å². The molecule has 2 aromatic rings. The minimum Gasteiger partial charge on any atom is -0.389 e. The first kappa shape index (κ1) is 20.4. The summed E-state index contributed by atoms with van der Waals surface area (Å²) < 4.78 is 27.2. The average molecular weight is 421 g/mol. The quantitative estimate of drug-likeness (QED) is 0.752. The Hall–Kier alpha value is -1.83. The first-order valence-corrected chi connectivity index (χ1v) is 10.9. The number of rotatable bonds is 6. The zero-order valence-corrected chi connectivity index (χ0v) is 17.3. The van der Waals surface area contributed by atoms with Gasteiger partial charge in [0.15, 0.2) is 0 Å². The molecule has 0 aliphatic carbocycles. The van der Waals surface area contributed by atoms with Gasteiger partial charge in [0, 0.05) is 29.4 Å². The molecule has 0 saturated carbocycles. The number of hydrogen-bond acceptors (Lipinski definition) is 4. The molecule has 2 aliphatic rings. The number of aliphatic hydroxyl groups is 1. The Morgan fingerprint density at radius 2 is 2.00 bits per heavy atom. The molecule has 2 bridgehead atoms. The van der Waals surface area contributed by atoms with Crippen LogP contribution < -0.4 is 5.32 Å². The average Bonchev–Trinajstić information content (AvgIpc) is 3.17. The zero-order chi connectivity index (χ0) is 20.6. The number of carbonyl (C=O) groups excluding carboxylic acids is 1. The maximum Gasteiger partial charge on any atom is 0.234 e. The molecule has 0 radical (unpaired) electrons. The van der Waals surface area contributed by atoms with Gasteiger partial charge in [-0.25, -0.2) is 8.78 Å². The predicted molar refractivity (Wildman–Crippen MR) is 109 cm³/mol. The van der Waals surface area contributed by atoms with E-state index in [0.29, 0.717) is 31.5 Å². The van der Waals surface area contributed by atoms with Crippen molar-refractivity contribution in [2.24, 2.45) is 0 Å². The van der Waals surface area contributed by atoms with E-state index in [-0.39, 0.29) is 24.4 Å². The van der Waals surface area contributed by atoms with Crippen molar-refractivity contribution in [3.63, 3.8) is 0 Å². The molecule has 2 N–H and O–H groups in total. The van der Waals surface area contributed by atoms with E-state index in [0.717, 1.165) is 23.8 Å². The molecule has 1 aromatic heterocycles. The Morgan fingerprint density at radius 3 is 2.62 bits per heavy atom. The van der Waals surface area contributed by atoms with Crippen LogP contribution in [0.5, 0.6) is 0 Å². The van der Waals surface area contributed by atoms with Gasteiger partial charge in [-0.15, -0.1) is 11.3 Å². The number of nitrogens with zero attached hydrogens (tertiary/aromatic N) is 1. The summed E-state index contributed by atoms with van der Waals surface area (Å²) >= 11 is 1.64. The molecule has 4 rings (SSSR count). The van der Waals surface area contributed by atoms with Crippen LogP contribution in [0.15, 0.2) is 29.6 Å². The lowest BCUT2D eigenvalue weighted by Gasteiger charge is -2.43. The molecule has 1 aromatic carbocycles. The Morgan fingerprint density at radius 1 is 1.28 bits per heavy atom. The van der Waals surface area contributed by atoms with E-state index < -0.39 is 17.2 Å². The van der Waals surface area contributed by atoms with E-state index in [4.69, 9.17) is 0 Å². The molecule has 4 nitrogen and oxygen atoms in total. The van der Waals surface area contributed by atoms with Gasteiger partial charge in [-0.2, -0.15) is 0 Å². The molecule has 1 amide bonds. The summed E-state index contributed by atoms with van der Waals surface area (Å²) in [4.78, 5) is 15.8. The van der Waals surface area contributed by atoms with Crippen LogP contribution >= 0.6 is 11.3 Å². The number of carbonyl (C=O) groups is 1. The summed E-state index contributed by atoms with van der Waals surface area (Å²) in [7, 11) is 0. The van der Waals surface area contributed by atoms with Crippen molar-refractivity contribution in [1.82, 2.24) is 10.2 Å². The normalized spacial score (nSPS) is 26.6. The Balaban J connectivity index is 1.36. The third kappa shape index (κ3) is 4.52. The van der Waals surface area contributed by atoms with Crippen molar-refractivity contribution in [2.75, 3.05) is 6.54 Å². The minimum atomic E-state index is -1.02. The summed E-state index contributed by atoms with van der Waals surface area (Å²) in [6, 6.07) is 5.76. The standard InChI is InChI=1S/C22H26F2N2O2S/c1-14-6-7-29-20(14)12-25-21(27)13-26-17-4-5-18(26)11-22(28,10-17)9-15-2-3-16(23)8-19(15)24/h2-3,6-8,17-18,28H,4-5,9-13H2,1H3,(H,25,27)/t17-,18-/m0/s1. The topological polar surface area (TPSA) is 52.6 Å². The molecule has 2 atom stereocenters. The maximum atomic E-state index is 14.1. The van der Waals surface area contributed by atoms with Crippen LogP contribution in [0.4, 0.5) is 8.78 Å². The van der Waals surface area contributed by atoms with Crippen molar-refractivity contribution in [1.29, 1.82) is 0 Å². The molecule has 29 heavy (non-hydrogen) atoms. The molecule has 2 fully saturated rings. The van der Waals surface area contributed by atoms with Gasteiger partial charge in [-0.1, -0.05) is 6.07 Å². The number of hydrogen-bond donors (Lipinski definition) is 2. The molecule has 7 heteroatoms. The van der Waals surface area contributed by atoms with E-state index in [1.165, 1.54) is 17.7 Å². The number of amides is 1. The highest BCUT2D eigenvalue weighted by molar-refractivity contribution is 7.10. The van der Waals surface area contributed by atoms with Crippen LogP contribution in [0.25, 0.3) is 0 Å². The molecule has 3 heterocycles. The summed E-state index contributed by atoms with van der Waals surface area (Å²) in [5, 5.41) is 16.1. The van der Waals surface area contributed by atoms with Gasteiger partial charge in [-0.05, 0) is 61.2 Å². The second kappa shape index (κ2) is 8.13. The predicted octanol–water partition coefficient (Wildman–Crippen LogP) is 3.55. The van der Waals surface area contributed by atoms with E-state index in [2.05, 4.69) is 10.2 Å². The second-order valence-corrected chi connectivity index (χ2v) is 9.41. The van der Waals surface area contributed by atoms with Crippen LogP contribution in [0.3, 0.4) is 0 Å². The third-order valence-corrected chi connectivity index (χ3v) is 7.30. The monoisotopic (exact) mass is 420 g/mol. The fourth-order valence-corrected chi connectivity index (χ4v) is 5.67. The van der Waals surface area contributed by atoms with Crippen LogP contribution in [-0.4, -0.2) is 40.1 Å². The SMILES string of the molecule is Cc1ccsc1CNC(=O)CN1[C@H]2CC[C@H]1CC(O)(Cc1ccc(F)cc1F)C2. The van der Waals surface area contributed by atoms with Crippen LogP contribution in [0.2, 0.25) is 0 Å². The molecular formula is C22H26F2N2O2S. The highest BCUT2D eigenvalue weighted by Crippen LogP contribution is 2.42. The number of thiophene rings is 1. The molecular weight excluding hydrogens is 394 g/mol. The van der Waals surface area contributed by atoms with E-state index >= 15 is 0 Å². The number of nitrogens with one attached hydrogen (secondary N) is 1. The first-order chi connectivity index (χ1) is 13.8. The zero-order valence-electron chi connectivity index (χ0n) is 16.5. The Kier molecular flexibility index (Phi) is 5.73. The van der Waals surface area contributed by atoms with Gasteiger partial charge in [-0.3, -0.25) is 9.69 Å².